The van der Waals surface area contributed by atoms with Gasteiger partial charge in [0.2, 0.25) is 5.91 Å². The third kappa shape index (κ3) is 3.09. The number of amides is 1. The van der Waals surface area contributed by atoms with E-state index in [2.05, 4.69) is 19.9 Å². The van der Waals surface area contributed by atoms with E-state index in [1.54, 1.807) is 6.07 Å². The van der Waals surface area contributed by atoms with Crippen molar-refractivity contribution in [3.63, 3.8) is 0 Å². The molecule has 0 fully saturated rings. The van der Waals surface area contributed by atoms with Gasteiger partial charge in [-0.2, -0.15) is 0 Å². The molecule has 1 aliphatic carbocycles. The summed E-state index contributed by atoms with van der Waals surface area (Å²) in [5, 5.41) is 1.11. The Hall–Kier alpha value is -1.77. The zero-order valence-corrected chi connectivity index (χ0v) is 15.2. The van der Waals surface area contributed by atoms with E-state index < -0.39 is 5.91 Å². The van der Waals surface area contributed by atoms with Gasteiger partial charge in [0.15, 0.2) is 0 Å². The smallest absolute Gasteiger partial charge is 0.248 e. The predicted molar refractivity (Wildman–Crippen MR) is 101 cm³/mol. The molecule has 2 aromatic carbocycles. The standard InChI is InChI=1S/C20H19Cl2NO/c1-11(2)14-6-7-15(12-4-8-18(21)19(22)10-12)16-5-3-13(20(23)24)9-17(14)16/h3-6,8-11,15H,7H2,1-2H3,(H2,23,24)/t15-/m0/s1. The molecule has 2 N–H and O–H groups in total. The van der Waals surface area contributed by atoms with Crippen LogP contribution in [0.25, 0.3) is 5.57 Å². The molecule has 3 rings (SSSR count). The number of carbonyl (C=O) groups is 1. The third-order valence-corrected chi connectivity index (χ3v) is 5.30. The van der Waals surface area contributed by atoms with Crippen LogP contribution in [0.15, 0.2) is 42.5 Å². The zero-order valence-electron chi connectivity index (χ0n) is 13.6. The van der Waals surface area contributed by atoms with E-state index in [-0.39, 0.29) is 5.92 Å². The van der Waals surface area contributed by atoms with Gasteiger partial charge in [0.25, 0.3) is 0 Å². The van der Waals surface area contributed by atoms with E-state index in [4.69, 9.17) is 28.9 Å². The molecule has 0 saturated carbocycles. The van der Waals surface area contributed by atoms with Crippen LogP contribution in [0.2, 0.25) is 10.0 Å². The van der Waals surface area contributed by atoms with Gasteiger partial charge in [-0.15, -0.1) is 0 Å². The summed E-state index contributed by atoms with van der Waals surface area (Å²) in [6.07, 6.45) is 3.15. The van der Waals surface area contributed by atoms with Crippen LogP contribution < -0.4 is 5.73 Å². The summed E-state index contributed by atoms with van der Waals surface area (Å²) in [7, 11) is 0. The summed E-state index contributed by atoms with van der Waals surface area (Å²) in [5.74, 6) is 0.165. The van der Waals surface area contributed by atoms with Gasteiger partial charge in [0, 0.05) is 11.5 Å². The Morgan fingerprint density at radius 1 is 1.12 bits per heavy atom. The van der Waals surface area contributed by atoms with Crippen LogP contribution in [0.4, 0.5) is 0 Å². The molecule has 0 saturated heterocycles. The van der Waals surface area contributed by atoms with Gasteiger partial charge in [0.1, 0.15) is 0 Å². The first-order valence-corrected chi connectivity index (χ1v) is 8.73. The summed E-state index contributed by atoms with van der Waals surface area (Å²) < 4.78 is 0. The summed E-state index contributed by atoms with van der Waals surface area (Å²) in [4.78, 5) is 11.6. The van der Waals surface area contributed by atoms with Crippen LogP contribution in [0.1, 0.15) is 53.2 Å². The lowest BCUT2D eigenvalue weighted by atomic mass is 9.76. The number of hydrogen-bond donors (Lipinski definition) is 1. The number of rotatable bonds is 3. The van der Waals surface area contributed by atoms with Crippen molar-refractivity contribution >= 4 is 34.7 Å². The maximum absolute atomic E-state index is 11.6. The second kappa shape index (κ2) is 6.62. The molecule has 1 amide bonds. The van der Waals surface area contributed by atoms with Crippen molar-refractivity contribution in [1.82, 2.24) is 0 Å². The minimum Gasteiger partial charge on any atom is -0.366 e. The Morgan fingerprint density at radius 3 is 2.50 bits per heavy atom. The second-order valence-corrected chi connectivity index (χ2v) is 7.26. The molecule has 0 heterocycles. The Bertz CT molecular complexity index is 840. The van der Waals surface area contributed by atoms with E-state index in [0.717, 1.165) is 17.5 Å². The largest absolute Gasteiger partial charge is 0.366 e. The van der Waals surface area contributed by atoms with Crippen LogP contribution in [-0.2, 0) is 0 Å². The fourth-order valence-corrected chi connectivity index (χ4v) is 3.64. The lowest BCUT2D eigenvalue weighted by Gasteiger charge is -2.28. The summed E-state index contributed by atoms with van der Waals surface area (Å²) in [6, 6.07) is 11.5. The number of allylic oxidation sites excluding steroid dienone is 2. The maximum Gasteiger partial charge on any atom is 0.248 e. The molecular weight excluding hydrogens is 341 g/mol. The van der Waals surface area contributed by atoms with E-state index in [1.807, 2.05) is 30.3 Å². The molecule has 4 heteroatoms. The molecule has 2 aromatic rings. The van der Waals surface area contributed by atoms with E-state index in [9.17, 15) is 4.79 Å². The van der Waals surface area contributed by atoms with Gasteiger partial charge in [-0.3, -0.25) is 4.79 Å². The molecule has 0 aliphatic heterocycles. The normalized spacial score (nSPS) is 16.7. The lowest BCUT2D eigenvalue weighted by molar-refractivity contribution is 0.1000. The highest BCUT2D eigenvalue weighted by molar-refractivity contribution is 6.42. The number of nitrogens with two attached hydrogens (primary N) is 1. The predicted octanol–water partition coefficient (Wildman–Crippen LogP) is 5.67. The number of carbonyl (C=O) groups excluding carboxylic acids is 1. The van der Waals surface area contributed by atoms with Crippen molar-refractivity contribution in [2.45, 2.75) is 26.2 Å². The molecule has 1 aliphatic rings. The molecular formula is C20H19Cl2NO. The van der Waals surface area contributed by atoms with E-state index >= 15 is 0 Å². The third-order valence-electron chi connectivity index (χ3n) is 4.57. The Kier molecular flexibility index (Phi) is 4.71. The van der Waals surface area contributed by atoms with Crippen molar-refractivity contribution in [1.29, 1.82) is 0 Å². The van der Waals surface area contributed by atoms with Crippen molar-refractivity contribution in [2.75, 3.05) is 0 Å². The quantitative estimate of drug-likeness (QED) is 0.753. The first-order chi connectivity index (χ1) is 11.4. The van der Waals surface area contributed by atoms with Crippen molar-refractivity contribution < 1.29 is 4.79 Å². The highest BCUT2D eigenvalue weighted by Gasteiger charge is 2.25. The highest BCUT2D eigenvalue weighted by Crippen LogP contribution is 2.42. The van der Waals surface area contributed by atoms with Crippen LogP contribution in [0.3, 0.4) is 0 Å². The van der Waals surface area contributed by atoms with Crippen LogP contribution >= 0.6 is 23.2 Å². The zero-order chi connectivity index (χ0) is 17.4. The first kappa shape index (κ1) is 17.1. The van der Waals surface area contributed by atoms with E-state index in [1.165, 1.54) is 11.1 Å². The molecule has 1 atom stereocenters. The summed E-state index contributed by atoms with van der Waals surface area (Å²) in [6.45, 7) is 4.32. The molecule has 2 nitrogen and oxygen atoms in total. The minimum atomic E-state index is -0.405. The van der Waals surface area contributed by atoms with Gasteiger partial charge in [-0.05, 0) is 58.9 Å². The molecule has 0 bridgehead atoms. The van der Waals surface area contributed by atoms with E-state index in [0.29, 0.717) is 21.5 Å². The molecule has 0 aromatic heterocycles. The molecule has 24 heavy (non-hydrogen) atoms. The summed E-state index contributed by atoms with van der Waals surface area (Å²) >= 11 is 12.2. The highest BCUT2D eigenvalue weighted by atomic mass is 35.5. The number of hydrogen-bond acceptors (Lipinski definition) is 1. The Morgan fingerprint density at radius 2 is 1.88 bits per heavy atom. The van der Waals surface area contributed by atoms with Crippen LogP contribution in [-0.4, -0.2) is 5.91 Å². The molecule has 0 spiro atoms. The number of primary amides is 1. The fourth-order valence-electron chi connectivity index (χ4n) is 3.34. The monoisotopic (exact) mass is 359 g/mol. The van der Waals surface area contributed by atoms with Gasteiger partial charge in [-0.1, -0.05) is 55.3 Å². The average Bonchev–Trinajstić information content (AvgIpc) is 2.55. The van der Waals surface area contributed by atoms with Gasteiger partial charge in [0.05, 0.1) is 10.0 Å². The first-order valence-electron chi connectivity index (χ1n) is 7.97. The fraction of sp³-hybridized carbons (Fsp3) is 0.250. The number of fused-ring (bicyclic) bond motifs is 1. The average molecular weight is 360 g/mol. The number of halogens is 2. The Labute approximate surface area is 152 Å². The van der Waals surface area contributed by atoms with Crippen LogP contribution in [0.5, 0.6) is 0 Å². The van der Waals surface area contributed by atoms with Gasteiger partial charge in [-0.25, -0.2) is 0 Å². The SMILES string of the molecule is CC(C)C1=CC[C@@H](c2ccc(Cl)c(Cl)c2)c2ccc(C(N)=O)cc21. The number of benzene rings is 2. The van der Waals surface area contributed by atoms with Crippen molar-refractivity contribution in [3.8, 4) is 0 Å². The lowest BCUT2D eigenvalue weighted by Crippen LogP contribution is -2.15. The second-order valence-electron chi connectivity index (χ2n) is 6.44. The molecule has 124 valence electrons. The van der Waals surface area contributed by atoms with Crippen molar-refractivity contribution in [2.24, 2.45) is 11.7 Å². The Balaban J connectivity index is 2.14. The maximum atomic E-state index is 11.6. The topological polar surface area (TPSA) is 43.1 Å². The van der Waals surface area contributed by atoms with Crippen molar-refractivity contribution in [3.05, 3.63) is 74.8 Å². The molecule has 0 radical (unpaired) electrons. The van der Waals surface area contributed by atoms with Gasteiger partial charge >= 0.3 is 0 Å². The summed E-state index contributed by atoms with van der Waals surface area (Å²) in [5.41, 5.74) is 10.7. The van der Waals surface area contributed by atoms with Gasteiger partial charge < -0.3 is 5.73 Å². The molecule has 0 unspecified atom stereocenters. The minimum absolute atomic E-state index is 0.194. The van der Waals surface area contributed by atoms with Crippen LogP contribution in [0, 0.1) is 5.92 Å².